The first kappa shape index (κ1) is 8.60. The molecule has 2 heteroatoms. The Hall–Kier alpha value is -1.70. The molecule has 0 spiro atoms. The molecule has 0 aromatic carbocycles. The number of hydrogen-bond donors (Lipinski definition) is 0. The summed E-state index contributed by atoms with van der Waals surface area (Å²) in [6.07, 6.45) is 11.2. The third kappa shape index (κ3) is 1.18. The van der Waals surface area contributed by atoms with E-state index in [1.165, 1.54) is 5.22 Å². The third-order valence-electron chi connectivity index (χ3n) is 3.10. The predicted octanol–water partition coefficient (Wildman–Crippen LogP) is 1.02. The van der Waals surface area contributed by atoms with E-state index in [1.54, 1.807) is 0 Å². The molecule has 2 heterocycles. The molecule has 0 N–H and O–H groups in total. The van der Waals surface area contributed by atoms with Crippen LogP contribution in [0.3, 0.4) is 0 Å². The molecule has 3 rings (SSSR count). The van der Waals surface area contributed by atoms with Gasteiger partial charge in [0.05, 0.1) is 11.0 Å². The second kappa shape index (κ2) is 2.89. The minimum Gasteiger partial charge on any atom is -0.258 e. The number of hydrogen-bond acceptors (Lipinski definition) is 2. The quantitative estimate of drug-likeness (QED) is 0.608. The lowest BCUT2D eigenvalue weighted by Crippen LogP contribution is -2.38. The molecule has 0 radical (unpaired) electrons. The summed E-state index contributed by atoms with van der Waals surface area (Å²) >= 11 is 0. The fourth-order valence-corrected chi connectivity index (χ4v) is 2.20. The molecule has 1 aliphatic heterocycles. The molecular formula is C13H12N2. The van der Waals surface area contributed by atoms with Crippen LogP contribution in [0.4, 0.5) is 0 Å². The topological polar surface area (TPSA) is 25.2 Å². The van der Waals surface area contributed by atoms with Gasteiger partial charge in [-0.25, -0.2) is 0 Å². The lowest BCUT2D eigenvalue weighted by molar-refractivity contribution is 0.576. The van der Waals surface area contributed by atoms with Crippen LogP contribution < -0.4 is 10.6 Å². The number of rotatable bonds is 0. The number of dihydropyridines is 1. The Labute approximate surface area is 88.4 Å². The van der Waals surface area contributed by atoms with Crippen molar-refractivity contribution < 1.29 is 0 Å². The van der Waals surface area contributed by atoms with Crippen molar-refractivity contribution in [3.63, 3.8) is 0 Å². The number of fused-ring (bicyclic) bond motifs is 2. The molecule has 0 saturated carbocycles. The molecular weight excluding hydrogens is 184 g/mol. The van der Waals surface area contributed by atoms with Crippen molar-refractivity contribution in [3.8, 4) is 0 Å². The number of aliphatic imine (C=N–C) groups is 1. The van der Waals surface area contributed by atoms with Crippen LogP contribution in [0.15, 0.2) is 35.5 Å². The summed E-state index contributed by atoms with van der Waals surface area (Å²) in [6.45, 7) is 2.21. The van der Waals surface area contributed by atoms with Crippen molar-refractivity contribution in [2.24, 2.45) is 10.4 Å². The van der Waals surface area contributed by atoms with E-state index in [1.807, 2.05) is 24.6 Å². The summed E-state index contributed by atoms with van der Waals surface area (Å²) in [5.74, 6) is 0. The van der Waals surface area contributed by atoms with Crippen LogP contribution in [0, 0.1) is 5.41 Å². The number of aromatic nitrogens is 1. The maximum Gasteiger partial charge on any atom is 0.0922 e. The van der Waals surface area contributed by atoms with Gasteiger partial charge in [0.25, 0.3) is 0 Å². The smallest absolute Gasteiger partial charge is 0.0922 e. The standard InChI is InChI=1S/C13H12N2/c1-13-6-3-9-15-12(13)11-10(5-7-13)4-2-8-14-11/h2-6,8-9H,7H2,1H3. The second-order valence-electron chi connectivity index (χ2n) is 4.25. The zero-order valence-electron chi connectivity index (χ0n) is 8.64. The van der Waals surface area contributed by atoms with E-state index < -0.39 is 0 Å². The molecule has 0 fully saturated rings. The highest BCUT2D eigenvalue weighted by molar-refractivity contribution is 5.81. The van der Waals surface area contributed by atoms with E-state index >= 15 is 0 Å². The van der Waals surface area contributed by atoms with Crippen LogP contribution in [0.2, 0.25) is 0 Å². The normalized spacial score (nSPS) is 26.9. The van der Waals surface area contributed by atoms with Gasteiger partial charge in [0.2, 0.25) is 0 Å². The molecule has 1 aromatic heterocycles. The van der Waals surface area contributed by atoms with E-state index in [0.717, 1.165) is 17.5 Å². The van der Waals surface area contributed by atoms with Gasteiger partial charge in [-0.15, -0.1) is 0 Å². The van der Waals surface area contributed by atoms with Gasteiger partial charge in [0.15, 0.2) is 0 Å². The molecule has 0 bridgehead atoms. The molecule has 2 nitrogen and oxygen atoms in total. The lowest BCUT2D eigenvalue weighted by atomic mass is 9.79. The Bertz CT molecular complexity index is 581. The Balaban J connectivity index is 2.44. The summed E-state index contributed by atoms with van der Waals surface area (Å²) < 4.78 is 0. The molecule has 0 amide bonds. The first-order chi connectivity index (χ1) is 7.30. The minimum atomic E-state index is 0.0378. The van der Waals surface area contributed by atoms with Crippen LogP contribution in [-0.4, -0.2) is 11.2 Å². The first-order valence-corrected chi connectivity index (χ1v) is 5.17. The molecule has 1 atom stereocenters. The van der Waals surface area contributed by atoms with Gasteiger partial charge in [0.1, 0.15) is 0 Å². The van der Waals surface area contributed by atoms with Crippen molar-refractivity contribution >= 4 is 18.0 Å². The zero-order chi connectivity index (χ0) is 10.3. The Morgan fingerprint density at radius 1 is 1.40 bits per heavy atom. The fourth-order valence-electron chi connectivity index (χ4n) is 2.20. The highest BCUT2D eigenvalue weighted by atomic mass is 14.8. The molecule has 74 valence electrons. The SMILES string of the molecule is CC12C=CC=NC1=c1ncccc1=CC2. The summed E-state index contributed by atoms with van der Waals surface area (Å²) in [7, 11) is 0. The lowest BCUT2D eigenvalue weighted by Gasteiger charge is -2.29. The number of nitrogens with zero attached hydrogens (tertiary/aromatic N) is 2. The molecule has 15 heavy (non-hydrogen) atoms. The van der Waals surface area contributed by atoms with Crippen LogP contribution in [0.5, 0.6) is 0 Å². The van der Waals surface area contributed by atoms with Crippen molar-refractivity contribution in [2.45, 2.75) is 13.3 Å². The van der Waals surface area contributed by atoms with Gasteiger partial charge in [-0.2, -0.15) is 0 Å². The van der Waals surface area contributed by atoms with Gasteiger partial charge >= 0.3 is 0 Å². The van der Waals surface area contributed by atoms with Crippen LogP contribution >= 0.6 is 0 Å². The average Bonchev–Trinajstić information content (AvgIpc) is 2.28. The van der Waals surface area contributed by atoms with Crippen LogP contribution in [-0.2, 0) is 0 Å². The van der Waals surface area contributed by atoms with Crippen molar-refractivity contribution in [2.75, 3.05) is 0 Å². The van der Waals surface area contributed by atoms with E-state index in [2.05, 4.69) is 35.1 Å². The Morgan fingerprint density at radius 2 is 2.33 bits per heavy atom. The highest BCUT2D eigenvalue weighted by Gasteiger charge is 2.29. The van der Waals surface area contributed by atoms with E-state index in [0.29, 0.717) is 0 Å². The van der Waals surface area contributed by atoms with Crippen molar-refractivity contribution in [3.05, 3.63) is 41.0 Å². The average molecular weight is 196 g/mol. The van der Waals surface area contributed by atoms with Gasteiger partial charge < -0.3 is 0 Å². The minimum absolute atomic E-state index is 0.0378. The molecule has 1 aliphatic carbocycles. The van der Waals surface area contributed by atoms with Crippen molar-refractivity contribution in [1.29, 1.82) is 0 Å². The molecule has 1 aromatic rings. The van der Waals surface area contributed by atoms with E-state index in [4.69, 9.17) is 0 Å². The van der Waals surface area contributed by atoms with E-state index in [9.17, 15) is 0 Å². The maximum absolute atomic E-state index is 4.49. The summed E-state index contributed by atoms with van der Waals surface area (Å²) in [6, 6.07) is 4.07. The third-order valence-corrected chi connectivity index (χ3v) is 3.10. The van der Waals surface area contributed by atoms with Gasteiger partial charge in [-0.05, 0) is 23.8 Å². The van der Waals surface area contributed by atoms with E-state index in [-0.39, 0.29) is 5.41 Å². The summed E-state index contributed by atoms with van der Waals surface area (Å²) in [4.78, 5) is 8.92. The second-order valence-corrected chi connectivity index (χ2v) is 4.25. The number of allylic oxidation sites excluding steroid dienone is 1. The Kier molecular flexibility index (Phi) is 1.66. The van der Waals surface area contributed by atoms with Gasteiger partial charge in [0, 0.05) is 17.8 Å². The fraction of sp³-hybridized carbons (Fsp3) is 0.231. The van der Waals surface area contributed by atoms with Gasteiger partial charge in [-0.1, -0.05) is 25.1 Å². The van der Waals surface area contributed by atoms with Crippen LogP contribution in [0.25, 0.3) is 11.8 Å². The zero-order valence-corrected chi connectivity index (χ0v) is 8.64. The molecule has 1 unspecified atom stereocenters. The number of pyridine rings is 1. The maximum atomic E-state index is 4.49. The predicted molar refractivity (Wildman–Crippen MR) is 61.7 cm³/mol. The molecule has 0 saturated heterocycles. The monoisotopic (exact) mass is 196 g/mol. The van der Waals surface area contributed by atoms with Gasteiger partial charge in [-0.3, -0.25) is 9.98 Å². The Morgan fingerprint density at radius 3 is 3.27 bits per heavy atom. The van der Waals surface area contributed by atoms with Crippen molar-refractivity contribution in [1.82, 2.24) is 4.98 Å². The summed E-state index contributed by atoms with van der Waals surface area (Å²) in [5, 5.41) is 2.24. The van der Waals surface area contributed by atoms with Crippen LogP contribution in [0.1, 0.15) is 13.3 Å². The molecule has 2 aliphatic rings. The highest BCUT2D eigenvalue weighted by Crippen LogP contribution is 2.36. The summed E-state index contributed by atoms with van der Waals surface area (Å²) in [5.41, 5.74) is 1.14. The largest absolute Gasteiger partial charge is 0.258 e. The first-order valence-electron chi connectivity index (χ1n) is 5.17.